The number of benzene rings is 4. The number of rotatable bonds is 0. The molecule has 0 saturated heterocycles. The number of para-hydroxylation sites is 1. The molecule has 0 amide bonds. The summed E-state index contributed by atoms with van der Waals surface area (Å²) in [4.78, 5) is 0. The Balaban J connectivity index is 1.75. The minimum absolute atomic E-state index is 0.0901. The molecule has 0 spiro atoms. The van der Waals surface area contributed by atoms with Gasteiger partial charge >= 0.3 is 0 Å². The van der Waals surface area contributed by atoms with Crippen LogP contribution in [0.1, 0.15) is 55.5 Å². The van der Waals surface area contributed by atoms with Gasteiger partial charge in [-0.15, -0.1) is 0 Å². The van der Waals surface area contributed by atoms with Gasteiger partial charge in [0.25, 0.3) is 0 Å². The van der Waals surface area contributed by atoms with Crippen LogP contribution in [-0.4, -0.2) is 11.3 Å². The van der Waals surface area contributed by atoms with E-state index in [-0.39, 0.29) is 17.5 Å². The van der Waals surface area contributed by atoms with E-state index in [2.05, 4.69) is 105 Å². The number of fused-ring (bicyclic) bond motifs is 4. The Bertz CT molecular complexity index is 1830. The van der Waals surface area contributed by atoms with Crippen molar-refractivity contribution >= 4 is 44.9 Å². The highest BCUT2D eigenvalue weighted by molar-refractivity contribution is 7.00. The molecule has 0 N–H and O–H groups in total. The van der Waals surface area contributed by atoms with Crippen molar-refractivity contribution in [3.63, 3.8) is 0 Å². The molecule has 4 heterocycles. The normalized spacial score (nSPS) is 17.2. The molecular weight excluding hydrogens is 411 g/mol. The molecule has 3 aliphatic heterocycles. The second kappa shape index (κ2) is 5.48. The third-order valence-corrected chi connectivity index (χ3v) is 9.06. The summed E-state index contributed by atoms with van der Waals surface area (Å²) in [6.45, 7) is 9.55. The molecule has 34 heavy (non-hydrogen) atoms. The number of hydrogen-bond donors (Lipinski definition) is 0. The molecule has 2 nitrogen and oxygen atoms in total. The first-order valence-electron chi connectivity index (χ1n) is 12.2. The topological polar surface area (TPSA) is 28.7 Å². The predicted octanol–water partition coefficient (Wildman–Crippen LogP) is 4.76. The Kier molecular flexibility index (Phi) is 3.00. The van der Waals surface area contributed by atoms with Crippen LogP contribution in [0.5, 0.6) is 0 Å². The monoisotopic (exact) mass is 434 g/mol. The zero-order valence-corrected chi connectivity index (χ0v) is 19.8. The number of aromatic nitrogens is 1. The van der Waals surface area contributed by atoms with Crippen molar-refractivity contribution in [1.29, 1.82) is 5.26 Å². The van der Waals surface area contributed by atoms with Gasteiger partial charge in [0, 0.05) is 32.8 Å². The Morgan fingerprint density at radius 3 is 2.18 bits per heavy atom. The number of nitrogens with zero attached hydrogens (tertiary/aromatic N) is 2. The molecule has 5 aromatic rings. The molecule has 1 aromatic heterocycles. The van der Waals surface area contributed by atoms with Gasteiger partial charge < -0.3 is 4.57 Å². The van der Waals surface area contributed by atoms with Crippen LogP contribution >= 0.6 is 0 Å². The maximum atomic E-state index is 10.4. The molecule has 0 bridgehead atoms. The van der Waals surface area contributed by atoms with E-state index in [0.29, 0.717) is 0 Å². The molecule has 3 heteroatoms. The number of hydrogen-bond acceptors (Lipinski definition) is 1. The van der Waals surface area contributed by atoms with Crippen LogP contribution < -0.4 is 16.4 Å². The van der Waals surface area contributed by atoms with E-state index in [1.165, 1.54) is 66.1 Å². The first-order valence-corrected chi connectivity index (χ1v) is 12.2. The molecule has 3 aliphatic rings. The Hall–Kier alpha value is -3.77. The van der Waals surface area contributed by atoms with Gasteiger partial charge in [0.2, 0.25) is 6.71 Å². The van der Waals surface area contributed by atoms with Gasteiger partial charge in [-0.05, 0) is 51.4 Å². The van der Waals surface area contributed by atoms with Crippen molar-refractivity contribution in [3.05, 3.63) is 94.5 Å². The van der Waals surface area contributed by atoms with Gasteiger partial charge in [0.1, 0.15) is 0 Å². The van der Waals surface area contributed by atoms with Crippen LogP contribution in [0.4, 0.5) is 0 Å². The van der Waals surface area contributed by atoms with Crippen molar-refractivity contribution in [1.82, 2.24) is 4.57 Å². The van der Waals surface area contributed by atoms with E-state index >= 15 is 0 Å². The van der Waals surface area contributed by atoms with Crippen LogP contribution in [0.15, 0.2) is 66.7 Å². The molecule has 4 aromatic carbocycles. The van der Waals surface area contributed by atoms with Crippen molar-refractivity contribution in [2.45, 2.75) is 38.5 Å². The van der Waals surface area contributed by atoms with Crippen molar-refractivity contribution < 1.29 is 0 Å². The second-order valence-corrected chi connectivity index (χ2v) is 11.3. The average Bonchev–Trinajstić information content (AvgIpc) is 3.17. The highest BCUT2D eigenvalue weighted by Crippen LogP contribution is 2.46. The molecule has 0 atom stereocenters. The second-order valence-electron chi connectivity index (χ2n) is 11.3. The molecule has 0 unspecified atom stereocenters. The standard InChI is InChI=1S/C31H23BN2/c1-30(2)20-10-7-11-21-26(20)32-27-22(30)12-8-14-24(27)34-23-13-6-5-9-18(23)19-15-17(16-33)25(31(21,3)4)28(32)29(19)34/h5-15H,1-4H3. The third kappa shape index (κ3) is 1.76. The highest BCUT2D eigenvalue weighted by atomic mass is 15.0. The van der Waals surface area contributed by atoms with E-state index < -0.39 is 0 Å². The van der Waals surface area contributed by atoms with Gasteiger partial charge in [-0.2, -0.15) is 5.26 Å². The van der Waals surface area contributed by atoms with Gasteiger partial charge in [-0.25, -0.2) is 0 Å². The summed E-state index contributed by atoms with van der Waals surface area (Å²) in [5, 5.41) is 12.8. The van der Waals surface area contributed by atoms with Gasteiger partial charge in [0.15, 0.2) is 0 Å². The molecule has 160 valence electrons. The van der Waals surface area contributed by atoms with Crippen LogP contribution in [0.25, 0.3) is 27.5 Å². The van der Waals surface area contributed by atoms with E-state index in [0.717, 1.165) is 5.56 Å². The minimum atomic E-state index is -0.252. The minimum Gasteiger partial charge on any atom is -0.310 e. The van der Waals surface area contributed by atoms with Crippen molar-refractivity contribution in [2.75, 3.05) is 0 Å². The SMILES string of the molecule is CC1(C)c2cccc3c2B2c4c1cccc4C(C)(C)c1c(C#N)cc4c5ccccc5n-3c4c12. The fourth-order valence-electron chi connectivity index (χ4n) is 7.72. The van der Waals surface area contributed by atoms with E-state index in [1.54, 1.807) is 0 Å². The molecule has 8 rings (SSSR count). The molecule has 0 saturated carbocycles. The van der Waals surface area contributed by atoms with Crippen LogP contribution in [-0.2, 0) is 10.8 Å². The molecular formula is C31H23BN2. The summed E-state index contributed by atoms with van der Waals surface area (Å²) in [6.07, 6.45) is 0. The van der Waals surface area contributed by atoms with Crippen molar-refractivity contribution in [3.8, 4) is 11.8 Å². The lowest BCUT2D eigenvalue weighted by Gasteiger charge is -2.49. The smallest absolute Gasteiger partial charge is 0.248 e. The highest BCUT2D eigenvalue weighted by Gasteiger charge is 2.52. The Morgan fingerprint density at radius 2 is 1.41 bits per heavy atom. The van der Waals surface area contributed by atoms with Gasteiger partial charge in [0.05, 0.1) is 17.1 Å². The molecule has 0 aliphatic carbocycles. The summed E-state index contributed by atoms with van der Waals surface area (Å²) < 4.78 is 2.49. The van der Waals surface area contributed by atoms with Crippen LogP contribution in [0.3, 0.4) is 0 Å². The fraction of sp³-hybridized carbons (Fsp3) is 0.194. The third-order valence-electron chi connectivity index (χ3n) is 9.06. The van der Waals surface area contributed by atoms with Gasteiger partial charge in [-0.3, -0.25) is 0 Å². The zero-order chi connectivity index (χ0) is 23.1. The van der Waals surface area contributed by atoms with E-state index in [4.69, 9.17) is 0 Å². The lowest BCUT2D eigenvalue weighted by Crippen LogP contribution is -2.68. The lowest BCUT2D eigenvalue weighted by molar-refractivity contribution is 0.620. The lowest BCUT2D eigenvalue weighted by atomic mass is 9.26. The Labute approximate surface area is 199 Å². The first-order chi connectivity index (χ1) is 16.4. The first kappa shape index (κ1) is 18.6. The van der Waals surface area contributed by atoms with Crippen LogP contribution in [0, 0.1) is 11.3 Å². The largest absolute Gasteiger partial charge is 0.310 e. The van der Waals surface area contributed by atoms with E-state index in [9.17, 15) is 5.26 Å². The summed E-state index contributed by atoms with van der Waals surface area (Å²) in [7, 11) is 0. The summed E-state index contributed by atoms with van der Waals surface area (Å²) >= 11 is 0. The molecule has 0 radical (unpaired) electrons. The Morgan fingerprint density at radius 1 is 0.735 bits per heavy atom. The summed E-state index contributed by atoms with van der Waals surface area (Å²) in [6, 6.07) is 27.2. The maximum absolute atomic E-state index is 10.4. The predicted molar refractivity (Wildman–Crippen MR) is 141 cm³/mol. The van der Waals surface area contributed by atoms with Crippen molar-refractivity contribution in [2.24, 2.45) is 0 Å². The maximum Gasteiger partial charge on any atom is 0.248 e. The number of nitriles is 1. The van der Waals surface area contributed by atoms with Crippen LogP contribution in [0.2, 0.25) is 0 Å². The fourth-order valence-corrected chi connectivity index (χ4v) is 7.72. The van der Waals surface area contributed by atoms with E-state index in [1.807, 2.05) is 0 Å². The quantitative estimate of drug-likeness (QED) is 0.317. The molecule has 0 fully saturated rings. The summed E-state index contributed by atoms with van der Waals surface area (Å²) in [5.41, 5.74) is 13.9. The summed E-state index contributed by atoms with van der Waals surface area (Å²) in [5.74, 6) is 0. The average molecular weight is 434 g/mol. The van der Waals surface area contributed by atoms with Gasteiger partial charge in [-0.1, -0.05) is 81.7 Å². The zero-order valence-electron chi connectivity index (χ0n) is 19.8.